The topological polar surface area (TPSA) is 54.2 Å². The molecule has 0 spiro atoms. The van der Waals surface area contributed by atoms with Crippen molar-refractivity contribution in [3.63, 3.8) is 0 Å². The molecule has 0 radical (unpaired) electrons. The maximum atomic E-state index is 5.50. The summed E-state index contributed by atoms with van der Waals surface area (Å²) in [5, 5.41) is 3.43. The van der Waals surface area contributed by atoms with Crippen LogP contribution in [-0.4, -0.2) is 47.5 Å². The lowest BCUT2D eigenvalue weighted by molar-refractivity contribution is 0.340. The quantitative estimate of drug-likeness (QED) is 0.300. The van der Waals surface area contributed by atoms with E-state index < -0.39 is 0 Å². The Hall–Kier alpha value is -2.29. The summed E-state index contributed by atoms with van der Waals surface area (Å²) >= 11 is 0. The number of fused-ring (bicyclic) bond motifs is 1. The number of rotatable bonds is 7. The summed E-state index contributed by atoms with van der Waals surface area (Å²) in [6.45, 7) is 6.32. The molecule has 1 aromatic carbocycles. The molecule has 2 aromatic heterocycles. The molecule has 0 aliphatic rings. The van der Waals surface area contributed by atoms with Gasteiger partial charge in [0.15, 0.2) is 5.96 Å². The third-order valence-electron chi connectivity index (χ3n) is 4.62. The average Bonchev–Trinajstić information content (AvgIpc) is 3.11. The molecule has 0 fully saturated rings. The zero-order valence-corrected chi connectivity index (χ0v) is 19.9. The van der Waals surface area contributed by atoms with Crippen LogP contribution in [0.1, 0.15) is 23.7 Å². The van der Waals surface area contributed by atoms with Crippen LogP contribution in [0, 0.1) is 6.92 Å². The normalized spacial score (nSPS) is 11.2. The maximum absolute atomic E-state index is 5.50. The van der Waals surface area contributed by atoms with Gasteiger partial charge in [-0.15, -0.1) is 24.0 Å². The van der Waals surface area contributed by atoms with Crippen molar-refractivity contribution in [2.75, 3.05) is 27.2 Å². The van der Waals surface area contributed by atoms with Gasteiger partial charge in [-0.1, -0.05) is 18.2 Å². The second-order valence-corrected chi connectivity index (χ2v) is 6.81. The van der Waals surface area contributed by atoms with E-state index >= 15 is 0 Å². The fraction of sp³-hybridized carbons (Fsp3) is 0.364. The number of hydrogen-bond donors (Lipinski definition) is 1. The van der Waals surface area contributed by atoms with Crippen LogP contribution >= 0.6 is 24.0 Å². The Morgan fingerprint density at radius 2 is 2.00 bits per heavy atom. The molecule has 6 nitrogen and oxygen atoms in total. The van der Waals surface area contributed by atoms with Crippen LogP contribution in [0.3, 0.4) is 0 Å². The van der Waals surface area contributed by atoms with Gasteiger partial charge < -0.3 is 19.4 Å². The molecule has 156 valence electrons. The number of hydrogen-bond acceptors (Lipinski definition) is 3. The van der Waals surface area contributed by atoms with Gasteiger partial charge >= 0.3 is 0 Å². The van der Waals surface area contributed by atoms with E-state index in [0.717, 1.165) is 42.6 Å². The first-order chi connectivity index (χ1) is 13.6. The van der Waals surface area contributed by atoms with Crippen molar-refractivity contribution >= 4 is 35.6 Å². The standard InChI is InChI=1S/C22H29N5O.HI/c1-5-28-20-10-8-18(9-11-20)15-26(4)22(23-3)24-13-12-19-16-27-14-6-7-17(2)21(27)25-19;/h6-11,14,16H,5,12-13,15H2,1-4H3,(H,23,24);1H. The number of pyridine rings is 1. The molecule has 3 aromatic rings. The Kier molecular flexibility index (Phi) is 8.75. The number of nitrogens with zero attached hydrogens (tertiary/aromatic N) is 4. The number of aliphatic imine (C=N–C) groups is 1. The number of imidazole rings is 1. The number of aryl methyl sites for hydroxylation is 1. The molecular formula is C22H30IN5O. The van der Waals surface area contributed by atoms with Crippen LogP contribution in [-0.2, 0) is 13.0 Å². The van der Waals surface area contributed by atoms with Gasteiger partial charge in [0, 0.05) is 46.0 Å². The van der Waals surface area contributed by atoms with Crippen molar-refractivity contribution in [2.45, 2.75) is 26.8 Å². The molecule has 29 heavy (non-hydrogen) atoms. The van der Waals surface area contributed by atoms with E-state index in [1.165, 1.54) is 11.1 Å². The Bertz CT molecular complexity index is 936. The molecule has 3 rings (SSSR count). The van der Waals surface area contributed by atoms with E-state index in [9.17, 15) is 0 Å². The second kappa shape index (κ2) is 11.0. The first-order valence-electron chi connectivity index (χ1n) is 9.67. The highest BCUT2D eigenvalue weighted by Gasteiger charge is 2.08. The van der Waals surface area contributed by atoms with E-state index in [-0.39, 0.29) is 24.0 Å². The molecule has 7 heteroatoms. The van der Waals surface area contributed by atoms with E-state index in [1.807, 2.05) is 45.4 Å². The van der Waals surface area contributed by atoms with Gasteiger partial charge in [0.2, 0.25) is 0 Å². The molecule has 1 N–H and O–H groups in total. The highest BCUT2D eigenvalue weighted by molar-refractivity contribution is 14.0. The van der Waals surface area contributed by atoms with Crippen LogP contribution in [0.5, 0.6) is 5.75 Å². The zero-order chi connectivity index (χ0) is 19.9. The van der Waals surface area contributed by atoms with Crippen LogP contribution in [0.15, 0.2) is 53.8 Å². The lowest BCUT2D eigenvalue weighted by Crippen LogP contribution is -2.39. The van der Waals surface area contributed by atoms with Crippen molar-refractivity contribution in [3.05, 3.63) is 65.6 Å². The van der Waals surface area contributed by atoms with Gasteiger partial charge in [0.1, 0.15) is 11.4 Å². The van der Waals surface area contributed by atoms with Gasteiger partial charge in [-0.05, 0) is 43.2 Å². The maximum Gasteiger partial charge on any atom is 0.193 e. The predicted molar refractivity (Wildman–Crippen MR) is 129 cm³/mol. The van der Waals surface area contributed by atoms with Crippen LogP contribution in [0.2, 0.25) is 0 Å². The Morgan fingerprint density at radius 3 is 2.66 bits per heavy atom. The molecule has 0 aliphatic carbocycles. The zero-order valence-electron chi connectivity index (χ0n) is 17.6. The summed E-state index contributed by atoms with van der Waals surface area (Å²) in [6, 6.07) is 12.3. The van der Waals surface area contributed by atoms with Crippen molar-refractivity contribution in [3.8, 4) is 5.75 Å². The van der Waals surface area contributed by atoms with Crippen molar-refractivity contribution in [1.82, 2.24) is 19.6 Å². The summed E-state index contributed by atoms with van der Waals surface area (Å²) in [5.74, 6) is 1.77. The molecule has 0 atom stereocenters. The Morgan fingerprint density at radius 1 is 1.24 bits per heavy atom. The number of guanidine groups is 1. The third-order valence-corrected chi connectivity index (χ3v) is 4.62. The summed E-state index contributed by atoms with van der Waals surface area (Å²) in [5.41, 5.74) is 4.50. The van der Waals surface area contributed by atoms with E-state index in [2.05, 4.69) is 50.9 Å². The van der Waals surface area contributed by atoms with Crippen LogP contribution in [0.25, 0.3) is 5.65 Å². The number of halogens is 1. The summed E-state index contributed by atoms with van der Waals surface area (Å²) in [7, 11) is 3.85. The SMILES string of the molecule is CCOc1ccc(CN(C)C(=NC)NCCc2cn3cccc(C)c3n2)cc1.I. The van der Waals surface area contributed by atoms with Gasteiger partial charge in [-0.3, -0.25) is 4.99 Å². The van der Waals surface area contributed by atoms with Gasteiger partial charge in [-0.2, -0.15) is 0 Å². The van der Waals surface area contributed by atoms with Crippen molar-refractivity contribution in [2.24, 2.45) is 4.99 Å². The smallest absolute Gasteiger partial charge is 0.193 e. The molecule has 0 aliphatic heterocycles. The summed E-state index contributed by atoms with van der Waals surface area (Å²) in [6.07, 6.45) is 4.98. The first kappa shape index (κ1) is 23.0. The molecular weight excluding hydrogens is 477 g/mol. The minimum Gasteiger partial charge on any atom is -0.494 e. The average molecular weight is 507 g/mol. The monoisotopic (exact) mass is 507 g/mol. The van der Waals surface area contributed by atoms with E-state index in [0.29, 0.717) is 6.61 Å². The first-order valence-corrected chi connectivity index (χ1v) is 9.67. The largest absolute Gasteiger partial charge is 0.494 e. The molecule has 0 unspecified atom stereocenters. The highest BCUT2D eigenvalue weighted by atomic mass is 127. The van der Waals surface area contributed by atoms with Crippen molar-refractivity contribution in [1.29, 1.82) is 0 Å². The molecule has 2 heterocycles. The van der Waals surface area contributed by atoms with E-state index in [4.69, 9.17) is 9.72 Å². The number of ether oxygens (including phenoxy) is 1. The predicted octanol–water partition coefficient (Wildman–Crippen LogP) is 3.91. The lowest BCUT2D eigenvalue weighted by Gasteiger charge is -2.22. The minimum atomic E-state index is 0. The second-order valence-electron chi connectivity index (χ2n) is 6.81. The minimum absolute atomic E-state index is 0. The molecule has 0 saturated carbocycles. The lowest BCUT2D eigenvalue weighted by atomic mass is 10.2. The van der Waals surface area contributed by atoms with Gasteiger partial charge in [0.25, 0.3) is 0 Å². The summed E-state index contributed by atoms with van der Waals surface area (Å²) in [4.78, 5) is 11.2. The number of nitrogens with one attached hydrogen (secondary N) is 1. The third kappa shape index (κ3) is 6.09. The van der Waals surface area contributed by atoms with E-state index in [1.54, 1.807) is 0 Å². The fourth-order valence-corrected chi connectivity index (χ4v) is 3.22. The van der Waals surface area contributed by atoms with Gasteiger partial charge in [-0.25, -0.2) is 4.98 Å². The fourth-order valence-electron chi connectivity index (χ4n) is 3.22. The van der Waals surface area contributed by atoms with Crippen LogP contribution in [0.4, 0.5) is 0 Å². The summed E-state index contributed by atoms with van der Waals surface area (Å²) < 4.78 is 7.58. The molecule has 0 bridgehead atoms. The molecule has 0 saturated heterocycles. The van der Waals surface area contributed by atoms with Gasteiger partial charge in [0.05, 0.1) is 12.3 Å². The highest BCUT2D eigenvalue weighted by Crippen LogP contribution is 2.13. The van der Waals surface area contributed by atoms with Crippen molar-refractivity contribution < 1.29 is 4.74 Å². The Labute approximate surface area is 190 Å². The number of aromatic nitrogens is 2. The Balaban J connectivity index is 0.00000300. The van der Waals surface area contributed by atoms with Crippen LogP contribution < -0.4 is 10.1 Å². The molecule has 0 amide bonds. The number of benzene rings is 1.